The molecular weight excluding hydrogens is 437 g/mol. The molecule has 0 unspecified atom stereocenters. The van der Waals surface area contributed by atoms with Gasteiger partial charge in [0, 0.05) is 26.2 Å². The second-order valence-electron chi connectivity index (χ2n) is 7.53. The van der Waals surface area contributed by atoms with Gasteiger partial charge in [-0.25, -0.2) is 12.8 Å². The number of methoxy groups -OCH3 is 1. The molecule has 1 saturated heterocycles. The highest BCUT2D eigenvalue weighted by atomic mass is 32.2. The molecule has 2 amide bonds. The largest absolute Gasteiger partial charge is 0.497 e. The molecule has 0 bridgehead atoms. The van der Waals surface area contributed by atoms with Crippen LogP contribution in [0.25, 0.3) is 0 Å². The molecule has 0 saturated carbocycles. The zero-order valence-corrected chi connectivity index (χ0v) is 18.8. The molecule has 1 aliphatic heterocycles. The van der Waals surface area contributed by atoms with Crippen molar-refractivity contribution in [3.05, 3.63) is 59.9 Å². The lowest BCUT2D eigenvalue weighted by Gasteiger charge is -2.36. The molecule has 0 aliphatic carbocycles. The average Bonchev–Trinajstić information content (AvgIpc) is 2.80. The Morgan fingerprint density at radius 2 is 1.56 bits per heavy atom. The fraction of sp³-hybridized carbons (Fsp3) is 0.364. The first-order valence-corrected chi connectivity index (χ1v) is 11.7. The number of hydrogen-bond acceptors (Lipinski definition) is 5. The Bertz CT molecular complexity index is 1050. The molecule has 1 heterocycles. The van der Waals surface area contributed by atoms with Crippen molar-refractivity contribution in [3.63, 3.8) is 0 Å². The number of amides is 2. The van der Waals surface area contributed by atoms with Crippen LogP contribution >= 0.6 is 0 Å². The van der Waals surface area contributed by atoms with Crippen LogP contribution in [0.3, 0.4) is 0 Å². The lowest BCUT2D eigenvalue weighted by Crippen LogP contribution is -2.55. The Morgan fingerprint density at radius 3 is 2.12 bits per heavy atom. The first-order chi connectivity index (χ1) is 15.2. The number of piperazine rings is 1. The Hall–Kier alpha value is -2.98. The van der Waals surface area contributed by atoms with Crippen molar-refractivity contribution in [1.29, 1.82) is 0 Å². The van der Waals surface area contributed by atoms with Gasteiger partial charge in [-0.2, -0.15) is 4.72 Å². The fourth-order valence-corrected chi connectivity index (χ4v) is 4.64. The molecule has 172 valence electrons. The highest BCUT2D eigenvalue weighted by molar-refractivity contribution is 7.89. The summed E-state index contributed by atoms with van der Waals surface area (Å²) in [6.07, 6.45) is 0.159. The van der Waals surface area contributed by atoms with E-state index in [-0.39, 0.29) is 28.9 Å². The van der Waals surface area contributed by atoms with E-state index in [0.717, 1.165) is 5.56 Å². The smallest absolute Gasteiger partial charge is 0.241 e. The van der Waals surface area contributed by atoms with Gasteiger partial charge >= 0.3 is 0 Å². The van der Waals surface area contributed by atoms with E-state index < -0.39 is 16.1 Å². The van der Waals surface area contributed by atoms with Crippen LogP contribution in [0.4, 0.5) is 4.39 Å². The quantitative estimate of drug-likeness (QED) is 0.670. The minimum absolute atomic E-state index is 0.0363. The van der Waals surface area contributed by atoms with Gasteiger partial charge in [0.05, 0.1) is 24.5 Å². The van der Waals surface area contributed by atoms with Crippen molar-refractivity contribution in [2.75, 3.05) is 33.3 Å². The molecule has 1 aliphatic rings. The minimum atomic E-state index is -3.87. The Kier molecular flexibility index (Phi) is 7.47. The van der Waals surface area contributed by atoms with Gasteiger partial charge in [-0.05, 0) is 48.9 Å². The summed E-state index contributed by atoms with van der Waals surface area (Å²) >= 11 is 0. The molecule has 0 aromatic heterocycles. The number of halogens is 1. The highest BCUT2D eigenvalue weighted by Gasteiger charge is 2.29. The number of rotatable bonds is 7. The van der Waals surface area contributed by atoms with Crippen molar-refractivity contribution in [2.24, 2.45) is 0 Å². The number of benzene rings is 2. The maximum Gasteiger partial charge on any atom is 0.241 e. The number of carbonyl (C=O) groups is 2. The predicted octanol–water partition coefficient (Wildman–Crippen LogP) is 1.41. The van der Waals surface area contributed by atoms with Crippen LogP contribution in [-0.2, 0) is 26.0 Å². The first kappa shape index (κ1) is 23.7. The molecule has 3 rings (SSSR count). The normalized spacial score (nSPS) is 15.3. The van der Waals surface area contributed by atoms with Crippen LogP contribution < -0.4 is 9.46 Å². The number of ether oxygens (including phenoxy) is 1. The van der Waals surface area contributed by atoms with Gasteiger partial charge in [0.25, 0.3) is 0 Å². The van der Waals surface area contributed by atoms with Crippen LogP contribution in [0.15, 0.2) is 53.4 Å². The van der Waals surface area contributed by atoms with Gasteiger partial charge in [-0.15, -0.1) is 0 Å². The minimum Gasteiger partial charge on any atom is -0.497 e. The molecule has 1 N–H and O–H groups in total. The molecule has 2 aromatic rings. The lowest BCUT2D eigenvalue weighted by atomic mass is 10.1. The molecule has 0 spiro atoms. The summed E-state index contributed by atoms with van der Waals surface area (Å²) in [6, 6.07) is 10.7. The van der Waals surface area contributed by atoms with E-state index in [1.165, 1.54) is 50.4 Å². The predicted molar refractivity (Wildman–Crippen MR) is 116 cm³/mol. The highest BCUT2D eigenvalue weighted by Crippen LogP contribution is 2.16. The topological polar surface area (TPSA) is 96.0 Å². The van der Waals surface area contributed by atoms with Crippen LogP contribution in [0, 0.1) is 5.82 Å². The zero-order valence-electron chi connectivity index (χ0n) is 18.0. The SMILES string of the molecule is COc1ccc(S(=O)(=O)N[C@@H](C)C(=O)N2CCN(C(=O)Cc3ccc(F)cc3)CC2)cc1. The van der Waals surface area contributed by atoms with Gasteiger partial charge in [-0.3, -0.25) is 9.59 Å². The molecule has 1 fully saturated rings. The third-order valence-electron chi connectivity index (χ3n) is 5.28. The van der Waals surface area contributed by atoms with Gasteiger partial charge in [0.2, 0.25) is 21.8 Å². The van der Waals surface area contributed by atoms with Crippen LogP contribution in [0.2, 0.25) is 0 Å². The third kappa shape index (κ3) is 5.83. The molecule has 1 atom stereocenters. The number of nitrogens with zero attached hydrogens (tertiary/aromatic N) is 2. The second kappa shape index (κ2) is 10.1. The average molecular weight is 464 g/mol. The van der Waals surface area contributed by atoms with Gasteiger partial charge in [-0.1, -0.05) is 12.1 Å². The monoisotopic (exact) mass is 463 g/mol. The van der Waals surface area contributed by atoms with Crippen molar-refractivity contribution >= 4 is 21.8 Å². The first-order valence-electron chi connectivity index (χ1n) is 10.2. The molecule has 0 radical (unpaired) electrons. The summed E-state index contributed by atoms with van der Waals surface area (Å²) in [6.45, 7) is 2.81. The number of nitrogens with one attached hydrogen (secondary N) is 1. The summed E-state index contributed by atoms with van der Waals surface area (Å²) in [5, 5.41) is 0. The van der Waals surface area contributed by atoms with Crippen LogP contribution in [0.1, 0.15) is 12.5 Å². The van der Waals surface area contributed by atoms with E-state index >= 15 is 0 Å². The summed E-state index contributed by atoms with van der Waals surface area (Å²) in [5.41, 5.74) is 0.719. The standard InChI is InChI=1S/C22H26FN3O5S/c1-16(24-32(29,30)20-9-7-19(31-2)8-10-20)22(28)26-13-11-25(12-14-26)21(27)15-17-3-5-18(23)6-4-17/h3-10,16,24H,11-15H2,1-2H3/t16-/m0/s1. The molecular formula is C22H26FN3O5S. The molecule has 2 aromatic carbocycles. The van der Waals surface area contributed by atoms with Gasteiger partial charge < -0.3 is 14.5 Å². The van der Waals surface area contributed by atoms with E-state index in [4.69, 9.17) is 4.74 Å². The van der Waals surface area contributed by atoms with Gasteiger partial charge in [0.1, 0.15) is 11.6 Å². The Balaban J connectivity index is 1.52. The summed E-state index contributed by atoms with van der Waals surface area (Å²) in [4.78, 5) is 28.5. The van der Waals surface area contributed by atoms with E-state index in [1.54, 1.807) is 21.9 Å². The van der Waals surface area contributed by atoms with Gasteiger partial charge in [0.15, 0.2) is 0 Å². The van der Waals surface area contributed by atoms with Crippen molar-refractivity contribution < 1.29 is 27.1 Å². The molecule has 32 heavy (non-hydrogen) atoms. The second-order valence-corrected chi connectivity index (χ2v) is 9.24. The van der Waals surface area contributed by atoms with Crippen molar-refractivity contribution in [2.45, 2.75) is 24.3 Å². The summed E-state index contributed by atoms with van der Waals surface area (Å²) < 4.78 is 45.6. The van der Waals surface area contributed by atoms with E-state index in [9.17, 15) is 22.4 Å². The summed E-state index contributed by atoms with van der Waals surface area (Å²) in [7, 11) is -2.39. The van der Waals surface area contributed by atoms with Crippen LogP contribution in [-0.4, -0.2) is 69.4 Å². The van der Waals surface area contributed by atoms with Crippen molar-refractivity contribution in [3.8, 4) is 5.75 Å². The summed E-state index contributed by atoms with van der Waals surface area (Å²) in [5.74, 6) is -0.283. The van der Waals surface area contributed by atoms with E-state index in [0.29, 0.717) is 31.9 Å². The number of sulfonamides is 1. The zero-order chi connectivity index (χ0) is 23.3. The van der Waals surface area contributed by atoms with Crippen LogP contribution in [0.5, 0.6) is 5.75 Å². The molecule has 8 nitrogen and oxygen atoms in total. The number of hydrogen-bond donors (Lipinski definition) is 1. The number of carbonyl (C=O) groups excluding carboxylic acids is 2. The van der Waals surface area contributed by atoms with Crippen molar-refractivity contribution in [1.82, 2.24) is 14.5 Å². The third-order valence-corrected chi connectivity index (χ3v) is 6.84. The van der Waals surface area contributed by atoms with E-state index in [1.807, 2.05) is 0 Å². The maximum atomic E-state index is 13.0. The Labute approximate surface area is 187 Å². The molecule has 10 heteroatoms. The Morgan fingerprint density at radius 1 is 1.00 bits per heavy atom. The lowest BCUT2D eigenvalue weighted by molar-refractivity contribution is -0.139. The maximum absolute atomic E-state index is 13.0. The van der Waals surface area contributed by atoms with E-state index in [2.05, 4.69) is 4.72 Å². The fourth-order valence-electron chi connectivity index (χ4n) is 3.44.